The molecule has 102 valence electrons. The molecule has 19 heavy (non-hydrogen) atoms. The zero-order valence-corrected chi connectivity index (χ0v) is 11.9. The van der Waals surface area contributed by atoms with Gasteiger partial charge in [0.05, 0.1) is 0 Å². The Balaban J connectivity index is 1.95. The molecule has 1 aliphatic heterocycles. The predicted octanol–water partition coefficient (Wildman–Crippen LogP) is 2.21. The molecule has 1 fully saturated rings. The molecule has 0 spiro atoms. The van der Waals surface area contributed by atoms with Crippen molar-refractivity contribution in [2.45, 2.75) is 25.4 Å². The zero-order valence-electron chi connectivity index (χ0n) is 10.3. The van der Waals surface area contributed by atoms with Gasteiger partial charge < -0.3 is 15.3 Å². The monoisotopic (exact) mass is 326 g/mol. The maximum Gasteiger partial charge on any atom is 0.326 e. The number of rotatable bonds is 3. The highest BCUT2D eigenvalue weighted by molar-refractivity contribution is 9.10. The molecule has 1 aromatic carbocycles. The highest BCUT2D eigenvalue weighted by atomic mass is 79.9. The summed E-state index contributed by atoms with van der Waals surface area (Å²) in [7, 11) is 0. The number of amides is 2. The summed E-state index contributed by atoms with van der Waals surface area (Å²) < 4.78 is 0.923. The van der Waals surface area contributed by atoms with E-state index in [2.05, 4.69) is 21.2 Å². The highest BCUT2D eigenvalue weighted by Gasteiger charge is 2.33. The van der Waals surface area contributed by atoms with Crippen LogP contribution in [0.25, 0.3) is 0 Å². The molecule has 1 atom stereocenters. The summed E-state index contributed by atoms with van der Waals surface area (Å²) >= 11 is 3.41. The van der Waals surface area contributed by atoms with Crippen LogP contribution in [0.2, 0.25) is 0 Å². The van der Waals surface area contributed by atoms with Gasteiger partial charge in [-0.15, -0.1) is 0 Å². The Bertz CT molecular complexity index is 493. The molecule has 0 bridgehead atoms. The van der Waals surface area contributed by atoms with E-state index >= 15 is 0 Å². The molecule has 2 rings (SSSR count). The Morgan fingerprint density at radius 3 is 2.84 bits per heavy atom. The van der Waals surface area contributed by atoms with Crippen LogP contribution in [-0.2, 0) is 11.3 Å². The van der Waals surface area contributed by atoms with E-state index < -0.39 is 12.0 Å². The fourth-order valence-corrected chi connectivity index (χ4v) is 2.61. The van der Waals surface area contributed by atoms with Crippen LogP contribution < -0.4 is 5.32 Å². The minimum atomic E-state index is -0.937. The number of carboxylic acids is 1. The fourth-order valence-electron chi connectivity index (χ4n) is 2.18. The van der Waals surface area contributed by atoms with Crippen LogP contribution >= 0.6 is 15.9 Å². The number of likely N-dealkylation sites (tertiary alicyclic amines) is 1. The number of halogens is 1. The molecular weight excluding hydrogens is 312 g/mol. The van der Waals surface area contributed by atoms with Crippen molar-refractivity contribution in [3.63, 3.8) is 0 Å². The van der Waals surface area contributed by atoms with Crippen molar-refractivity contribution in [1.82, 2.24) is 10.2 Å². The van der Waals surface area contributed by atoms with Gasteiger partial charge in [0.15, 0.2) is 0 Å². The molecule has 0 unspecified atom stereocenters. The van der Waals surface area contributed by atoms with Crippen LogP contribution in [-0.4, -0.2) is 34.6 Å². The van der Waals surface area contributed by atoms with E-state index in [1.165, 1.54) is 4.90 Å². The van der Waals surface area contributed by atoms with Crippen molar-refractivity contribution >= 4 is 27.9 Å². The lowest BCUT2D eigenvalue weighted by atomic mass is 10.2. The maximum atomic E-state index is 12.0. The molecule has 1 aliphatic rings. The third-order valence-corrected chi connectivity index (χ3v) is 3.96. The van der Waals surface area contributed by atoms with E-state index in [4.69, 9.17) is 5.11 Å². The van der Waals surface area contributed by atoms with Gasteiger partial charge in [-0.1, -0.05) is 34.1 Å². The molecular formula is C13H15BrN2O3. The number of benzene rings is 1. The van der Waals surface area contributed by atoms with Gasteiger partial charge in [0.25, 0.3) is 0 Å². The Labute approximate surface area is 119 Å². The summed E-state index contributed by atoms with van der Waals surface area (Å²) in [5.41, 5.74) is 0.960. The third kappa shape index (κ3) is 3.26. The molecule has 0 aliphatic carbocycles. The number of hydrogen-bond acceptors (Lipinski definition) is 2. The number of carboxylic acid groups (broad SMARTS) is 1. The number of urea groups is 1. The Morgan fingerprint density at radius 1 is 1.42 bits per heavy atom. The van der Waals surface area contributed by atoms with Gasteiger partial charge in [-0.2, -0.15) is 0 Å². The summed E-state index contributed by atoms with van der Waals surface area (Å²) in [6, 6.07) is 6.58. The van der Waals surface area contributed by atoms with E-state index in [9.17, 15) is 9.59 Å². The number of carbonyl (C=O) groups is 2. The normalized spacial score (nSPS) is 18.4. The number of nitrogens with zero attached hydrogens (tertiary/aromatic N) is 1. The molecule has 5 nitrogen and oxygen atoms in total. The third-order valence-electron chi connectivity index (χ3n) is 3.19. The van der Waals surface area contributed by atoms with Crippen molar-refractivity contribution < 1.29 is 14.7 Å². The lowest BCUT2D eigenvalue weighted by molar-refractivity contribution is -0.141. The largest absolute Gasteiger partial charge is 0.480 e. The average molecular weight is 327 g/mol. The van der Waals surface area contributed by atoms with E-state index in [1.807, 2.05) is 24.3 Å². The van der Waals surface area contributed by atoms with Gasteiger partial charge >= 0.3 is 12.0 Å². The van der Waals surface area contributed by atoms with Gasteiger partial charge in [-0.05, 0) is 24.5 Å². The number of carbonyl (C=O) groups excluding carboxylic acids is 1. The lowest BCUT2D eigenvalue weighted by Crippen LogP contribution is -2.45. The van der Waals surface area contributed by atoms with Gasteiger partial charge in [0.1, 0.15) is 6.04 Å². The minimum absolute atomic E-state index is 0.319. The average Bonchev–Trinajstić information content (AvgIpc) is 2.87. The molecule has 2 amide bonds. The number of hydrogen-bond donors (Lipinski definition) is 2. The molecule has 2 N–H and O–H groups in total. The number of aliphatic carboxylic acids is 1. The number of nitrogens with one attached hydrogen (secondary N) is 1. The summed E-state index contributed by atoms with van der Waals surface area (Å²) in [6.45, 7) is 0.877. The van der Waals surface area contributed by atoms with Crippen LogP contribution in [0.15, 0.2) is 28.7 Å². The maximum absolute atomic E-state index is 12.0. The summed E-state index contributed by atoms with van der Waals surface area (Å²) in [6.07, 6.45) is 1.26. The molecule has 0 aromatic heterocycles. The Morgan fingerprint density at radius 2 is 2.16 bits per heavy atom. The van der Waals surface area contributed by atoms with Crippen molar-refractivity contribution in [1.29, 1.82) is 0 Å². The first-order valence-corrected chi connectivity index (χ1v) is 6.89. The Hall–Kier alpha value is -1.56. The summed E-state index contributed by atoms with van der Waals surface area (Å²) in [5.74, 6) is -0.937. The highest BCUT2D eigenvalue weighted by Crippen LogP contribution is 2.18. The van der Waals surface area contributed by atoms with Crippen molar-refractivity contribution in [3.8, 4) is 0 Å². The second-order valence-electron chi connectivity index (χ2n) is 4.44. The first-order valence-electron chi connectivity index (χ1n) is 6.10. The van der Waals surface area contributed by atoms with Gasteiger partial charge in [-0.3, -0.25) is 0 Å². The second-order valence-corrected chi connectivity index (χ2v) is 5.29. The summed E-state index contributed by atoms with van der Waals surface area (Å²) in [4.78, 5) is 24.4. The smallest absolute Gasteiger partial charge is 0.326 e. The fraction of sp³-hybridized carbons (Fsp3) is 0.385. The van der Waals surface area contributed by atoms with Crippen molar-refractivity contribution in [2.24, 2.45) is 0 Å². The molecule has 1 aromatic rings. The molecule has 1 heterocycles. The predicted molar refractivity (Wildman–Crippen MR) is 73.7 cm³/mol. The van der Waals surface area contributed by atoms with Gasteiger partial charge in [0.2, 0.25) is 0 Å². The molecule has 0 radical (unpaired) electrons. The second kappa shape index (κ2) is 6.06. The van der Waals surface area contributed by atoms with E-state index in [-0.39, 0.29) is 6.03 Å². The quantitative estimate of drug-likeness (QED) is 0.894. The van der Waals surface area contributed by atoms with E-state index in [1.54, 1.807) is 0 Å². The van der Waals surface area contributed by atoms with Crippen molar-refractivity contribution in [3.05, 3.63) is 34.3 Å². The van der Waals surface area contributed by atoms with Gasteiger partial charge in [0, 0.05) is 17.6 Å². The Kier molecular flexibility index (Phi) is 4.42. The standard InChI is InChI=1S/C13H15BrN2O3/c14-10-5-2-1-4-9(10)8-15-13(19)16-7-3-6-11(16)12(17)18/h1-2,4-5,11H,3,6-8H2,(H,15,19)(H,17,18)/t11-/m0/s1. The van der Waals surface area contributed by atoms with E-state index in [0.717, 1.165) is 16.5 Å². The van der Waals surface area contributed by atoms with Crippen LogP contribution in [0.3, 0.4) is 0 Å². The zero-order chi connectivity index (χ0) is 13.8. The van der Waals surface area contributed by atoms with E-state index in [0.29, 0.717) is 19.5 Å². The topological polar surface area (TPSA) is 69.6 Å². The summed E-state index contributed by atoms with van der Waals surface area (Å²) in [5, 5.41) is 11.8. The lowest BCUT2D eigenvalue weighted by Gasteiger charge is -2.22. The van der Waals surface area contributed by atoms with Crippen LogP contribution in [0.4, 0.5) is 4.79 Å². The SMILES string of the molecule is O=C(O)[C@@H]1CCCN1C(=O)NCc1ccccc1Br. The molecule has 6 heteroatoms. The van der Waals surface area contributed by atoms with Crippen molar-refractivity contribution in [2.75, 3.05) is 6.54 Å². The minimum Gasteiger partial charge on any atom is -0.480 e. The first kappa shape index (κ1) is 13.9. The van der Waals surface area contributed by atoms with Crippen LogP contribution in [0, 0.1) is 0 Å². The molecule has 0 saturated carbocycles. The van der Waals surface area contributed by atoms with Crippen LogP contribution in [0.5, 0.6) is 0 Å². The van der Waals surface area contributed by atoms with Crippen LogP contribution in [0.1, 0.15) is 18.4 Å². The first-order chi connectivity index (χ1) is 9.09. The molecule has 1 saturated heterocycles. The van der Waals surface area contributed by atoms with Gasteiger partial charge in [-0.25, -0.2) is 9.59 Å².